The second-order valence-corrected chi connectivity index (χ2v) is 6.91. The van der Waals surface area contributed by atoms with Crippen LogP contribution in [0, 0.1) is 0 Å². The van der Waals surface area contributed by atoms with Crippen molar-refractivity contribution in [1.82, 2.24) is 30.4 Å². The van der Waals surface area contributed by atoms with Crippen molar-refractivity contribution in [3.05, 3.63) is 35.5 Å². The van der Waals surface area contributed by atoms with Crippen molar-refractivity contribution in [2.75, 3.05) is 13.2 Å². The minimum atomic E-state index is 0.291. The first kappa shape index (κ1) is 20.1. The normalized spacial score (nSPS) is 16.5. The number of hydrogen-bond donors (Lipinski definition) is 2. The molecule has 0 aliphatic carbocycles. The van der Waals surface area contributed by atoms with E-state index in [9.17, 15) is 0 Å². The van der Waals surface area contributed by atoms with Gasteiger partial charge in [0.1, 0.15) is 5.82 Å². The van der Waals surface area contributed by atoms with Crippen molar-refractivity contribution in [2.45, 2.75) is 65.6 Å². The molecule has 0 saturated carbocycles. The lowest BCUT2D eigenvalue weighted by atomic mass is 10.1. The molecule has 2 N–H and O–H groups in total. The molecule has 1 aliphatic heterocycles. The summed E-state index contributed by atoms with van der Waals surface area (Å²) in [6.07, 6.45) is 5.64. The number of guanidine groups is 1. The highest BCUT2D eigenvalue weighted by Crippen LogP contribution is 2.13. The predicted octanol–water partition coefficient (Wildman–Crippen LogP) is 2.09. The van der Waals surface area contributed by atoms with Crippen LogP contribution in [0.15, 0.2) is 23.3 Å². The van der Waals surface area contributed by atoms with Crippen molar-refractivity contribution < 1.29 is 4.74 Å². The second kappa shape index (κ2) is 10.1. The van der Waals surface area contributed by atoms with E-state index in [1.807, 2.05) is 23.0 Å². The highest BCUT2D eigenvalue weighted by molar-refractivity contribution is 5.80. The van der Waals surface area contributed by atoms with Gasteiger partial charge in [-0.15, -0.1) is 0 Å². The Bertz CT molecular complexity index is 769. The Hall–Kier alpha value is -2.64. The first-order valence-corrected chi connectivity index (χ1v) is 10.3. The van der Waals surface area contributed by atoms with Crippen LogP contribution in [0.2, 0.25) is 0 Å². The van der Waals surface area contributed by atoms with Gasteiger partial charge in [-0.25, -0.2) is 19.6 Å². The summed E-state index contributed by atoms with van der Waals surface area (Å²) >= 11 is 0. The van der Waals surface area contributed by atoms with Crippen molar-refractivity contribution >= 4 is 5.96 Å². The van der Waals surface area contributed by atoms with Crippen LogP contribution in [0.3, 0.4) is 0 Å². The standard InChI is InChI=1S/C20H31N7O/c1-4-11-28-19-10-7-15(12-22-19)13-23-20(21-6-3)24-16-8-9-18-25-17(5-2)26-27(18)14-16/h7,10,12,16H,4-6,8-9,11,13-14H2,1-3H3,(H2,21,23,24). The third kappa shape index (κ3) is 5.43. The first-order chi connectivity index (χ1) is 13.7. The van der Waals surface area contributed by atoms with Crippen molar-refractivity contribution in [1.29, 1.82) is 0 Å². The van der Waals surface area contributed by atoms with Gasteiger partial charge in [-0.2, -0.15) is 5.10 Å². The zero-order valence-electron chi connectivity index (χ0n) is 17.1. The van der Waals surface area contributed by atoms with Crippen molar-refractivity contribution in [3.8, 4) is 5.88 Å². The fourth-order valence-electron chi connectivity index (χ4n) is 3.11. The van der Waals surface area contributed by atoms with E-state index < -0.39 is 0 Å². The molecule has 3 rings (SSSR count). The van der Waals surface area contributed by atoms with Gasteiger partial charge in [-0.3, -0.25) is 0 Å². The first-order valence-electron chi connectivity index (χ1n) is 10.3. The van der Waals surface area contributed by atoms with Gasteiger partial charge >= 0.3 is 0 Å². The number of aryl methyl sites for hydroxylation is 2. The van der Waals surface area contributed by atoms with Gasteiger partial charge < -0.3 is 15.4 Å². The summed E-state index contributed by atoms with van der Waals surface area (Å²) in [5, 5.41) is 11.4. The number of aliphatic imine (C=N–C) groups is 1. The molecule has 0 fully saturated rings. The molecule has 8 nitrogen and oxygen atoms in total. The molecule has 0 aromatic carbocycles. The van der Waals surface area contributed by atoms with Crippen LogP contribution in [0.5, 0.6) is 5.88 Å². The Morgan fingerprint density at radius 3 is 2.93 bits per heavy atom. The van der Waals surface area contributed by atoms with E-state index in [2.05, 4.69) is 46.5 Å². The minimum absolute atomic E-state index is 0.291. The molecular formula is C20H31N7O. The summed E-state index contributed by atoms with van der Waals surface area (Å²) in [6.45, 7) is 9.13. The van der Waals surface area contributed by atoms with Gasteiger partial charge in [0, 0.05) is 37.7 Å². The minimum Gasteiger partial charge on any atom is -0.478 e. The molecule has 1 unspecified atom stereocenters. The summed E-state index contributed by atoms with van der Waals surface area (Å²) < 4.78 is 7.56. The molecule has 0 amide bonds. The quantitative estimate of drug-likeness (QED) is 0.534. The lowest BCUT2D eigenvalue weighted by Gasteiger charge is -2.25. The molecule has 2 aromatic rings. The lowest BCUT2D eigenvalue weighted by molar-refractivity contribution is 0.305. The number of ether oxygens (including phenoxy) is 1. The van der Waals surface area contributed by atoms with Gasteiger partial charge in [0.25, 0.3) is 0 Å². The zero-order chi connectivity index (χ0) is 19.8. The fourth-order valence-corrected chi connectivity index (χ4v) is 3.11. The monoisotopic (exact) mass is 385 g/mol. The van der Waals surface area contributed by atoms with Crippen LogP contribution in [0.4, 0.5) is 0 Å². The van der Waals surface area contributed by atoms with Crippen LogP contribution in [0.25, 0.3) is 0 Å². The Morgan fingerprint density at radius 1 is 1.32 bits per heavy atom. The van der Waals surface area contributed by atoms with E-state index in [0.29, 0.717) is 25.1 Å². The van der Waals surface area contributed by atoms with Gasteiger partial charge in [-0.05, 0) is 25.3 Å². The number of nitrogens with one attached hydrogen (secondary N) is 2. The molecule has 8 heteroatoms. The molecule has 3 heterocycles. The van der Waals surface area contributed by atoms with Crippen LogP contribution in [-0.4, -0.2) is 44.9 Å². The van der Waals surface area contributed by atoms with Crippen LogP contribution < -0.4 is 15.4 Å². The third-order valence-electron chi connectivity index (χ3n) is 4.57. The van der Waals surface area contributed by atoms with Gasteiger partial charge in [-0.1, -0.05) is 19.9 Å². The maximum absolute atomic E-state index is 5.53. The third-order valence-corrected chi connectivity index (χ3v) is 4.57. The molecular weight excluding hydrogens is 354 g/mol. The maximum Gasteiger partial charge on any atom is 0.213 e. The number of pyridine rings is 1. The average Bonchev–Trinajstić information content (AvgIpc) is 3.14. The fraction of sp³-hybridized carbons (Fsp3) is 0.600. The number of rotatable bonds is 8. The summed E-state index contributed by atoms with van der Waals surface area (Å²) in [7, 11) is 0. The van der Waals surface area contributed by atoms with Crippen LogP contribution >= 0.6 is 0 Å². The Balaban J connectivity index is 1.58. The topological polar surface area (TPSA) is 89.3 Å². The molecule has 1 atom stereocenters. The summed E-state index contributed by atoms with van der Waals surface area (Å²) in [4.78, 5) is 13.6. The molecule has 0 spiro atoms. The number of aromatic nitrogens is 4. The van der Waals surface area contributed by atoms with Crippen molar-refractivity contribution in [3.63, 3.8) is 0 Å². The Labute approximate surface area is 166 Å². The zero-order valence-corrected chi connectivity index (χ0v) is 17.1. The van der Waals surface area contributed by atoms with E-state index in [4.69, 9.17) is 9.73 Å². The maximum atomic E-state index is 5.53. The van der Waals surface area contributed by atoms with Crippen LogP contribution in [-0.2, 0) is 25.9 Å². The van der Waals surface area contributed by atoms with E-state index in [1.165, 1.54) is 0 Å². The summed E-state index contributed by atoms with van der Waals surface area (Å²) in [6, 6.07) is 4.21. The number of nitrogens with zero attached hydrogens (tertiary/aromatic N) is 5. The van der Waals surface area contributed by atoms with Gasteiger partial charge in [0.15, 0.2) is 11.8 Å². The molecule has 0 bridgehead atoms. The van der Waals surface area contributed by atoms with Gasteiger partial charge in [0.05, 0.1) is 19.7 Å². The van der Waals surface area contributed by atoms with Gasteiger partial charge in [0.2, 0.25) is 5.88 Å². The molecule has 0 saturated heterocycles. The van der Waals surface area contributed by atoms with E-state index in [-0.39, 0.29) is 0 Å². The summed E-state index contributed by atoms with van der Waals surface area (Å²) in [5.41, 5.74) is 1.05. The highest BCUT2D eigenvalue weighted by atomic mass is 16.5. The Morgan fingerprint density at radius 2 is 2.21 bits per heavy atom. The second-order valence-electron chi connectivity index (χ2n) is 6.91. The smallest absolute Gasteiger partial charge is 0.213 e. The highest BCUT2D eigenvalue weighted by Gasteiger charge is 2.22. The lowest BCUT2D eigenvalue weighted by Crippen LogP contribution is -2.47. The average molecular weight is 386 g/mol. The Kier molecular flexibility index (Phi) is 7.22. The predicted molar refractivity (Wildman–Crippen MR) is 109 cm³/mol. The number of hydrogen-bond acceptors (Lipinski definition) is 5. The molecule has 152 valence electrons. The molecule has 0 radical (unpaired) electrons. The SMILES string of the molecule is CCCOc1ccc(CN=C(NCC)NC2CCc3nc(CC)nn3C2)cn1. The van der Waals surface area contributed by atoms with E-state index in [0.717, 1.165) is 61.9 Å². The van der Waals surface area contributed by atoms with E-state index in [1.54, 1.807) is 0 Å². The van der Waals surface area contributed by atoms with E-state index >= 15 is 0 Å². The summed E-state index contributed by atoms with van der Waals surface area (Å²) in [5.74, 6) is 3.50. The number of fused-ring (bicyclic) bond motifs is 1. The molecule has 2 aromatic heterocycles. The van der Waals surface area contributed by atoms with Crippen LogP contribution in [0.1, 0.15) is 50.8 Å². The van der Waals surface area contributed by atoms with Crippen molar-refractivity contribution in [2.24, 2.45) is 4.99 Å². The molecule has 1 aliphatic rings. The largest absolute Gasteiger partial charge is 0.478 e. The molecule has 28 heavy (non-hydrogen) atoms.